The lowest BCUT2D eigenvalue weighted by atomic mass is 10.1. The van der Waals surface area contributed by atoms with Crippen LogP contribution in [0.2, 0.25) is 0 Å². The second kappa shape index (κ2) is 6.35. The van der Waals surface area contributed by atoms with E-state index in [1.54, 1.807) is 21.3 Å². The van der Waals surface area contributed by atoms with Crippen LogP contribution >= 0.6 is 0 Å². The first kappa shape index (κ1) is 15.2. The van der Waals surface area contributed by atoms with Gasteiger partial charge in [0.2, 0.25) is 5.75 Å². The molecule has 0 aliphatic heterocycles. The van der Waals surface area contributed by atoms with Gasteiger partial charge < -0.3 is 14.2 Å². The average Bonchev–Trinajstić information content (AvgIpc) is 2.43. The lowest BCUT2D eigenvalue weighted by molar-refractivity contribution is 0.323. The Hall–Kier alpha value is -1.86. The van der Waals surface area contributed by atoms with Crippen molar-refractivity contribution in [3.63, 3.8) is 0 Å². The van der Waals surface area contributed by atoms with Crippen LogP contribution in [0, 0.1) is 12.3 Å². The molecule has 0 bridgehead atoms. The molecule has 0 saturated carbocycles. The molecule has 0 aliphatic rings. The van der Waals surface area contributed by atoms with Crippen molar-refractivity contribution >= 4 is 0 Å². The predicted octanol–water partition coefficient (Wildman–Crippen LogP) is 2.21. The zero-order valence-corrected chi connectivity index (χ0v) is 12.2. The molecule has 0 amide bonds. The van der Waals surface area contributed by atoms with Crippen LogP contribution in [0.25, 0.3) is 0 Å². The number of nitrogens with one attached hydrogen (secondary N) is 1. The third-order valence-electron chi connectivity index (χ3n) is 2.82. The number of rotatable bonds is 6. The lowest BCUT2D eigenvalue weighted by Crippen LogP contribution is -2.36. The monoisotopic (exact) mass is 263 g/mol. The molecule has 0 saturated heterocycles. The molecule has 1 rings (SSSR count). The molecule has 4 heteroatoms. The summed E-state index contributed by atoms with van der Waals surface area (Å²) in [5.41, 5.74) is 0.651. The zero-order chi connectivity index (χ0) is 14.5. The van der Waals surface area contributed by atoms with Crippen LogP contribution in [0.3, 0.4) is 0 Å². The Labute approximate surface area is 115 Å². The van der Waals surface area contributed by atoms with Crippen LogP contribution in [0.4, 0.5) is 0 Å². The molecule has 0 unspecified atom stereocenters. The van der Waals surface area contributed by atoms with Crippen LogP contribution in [0.5, 0.6) is 17.2 Å². The number of hydrogen-bond donors (Lipinski definition) is 1. The molecule has 0 atom stereocenters. The van der Waals surface area contributed by atoms with Crippen molar-refractivity contribution in [2.24, 2.45) is 0 Å². The topological polar surface area (TPSA) is 39.7 Å². The number of benzene rings is 1. The van der Waals surface area contributed by atoms with E-state index in [4.69, 9.17) is 20.6 Å². The number of ether oxygens (including phenoxy) is 3. The highest BCUT2D eigenvalue weighted by atomic mass is 16.5. The molecule has 1 aromatic carbocycles. The molecule has 0 radical (unpaired) electrons. The van der Waals surface area contributed by atoms with Crippen molar-refractivity contribution in [1.29, 1.82) is 0 Å². The van der Waals surface area contributed by atoms with Gasteiger partial charge in [-0.15, -0.1) is 6.42 Å². The summed E-state index contributed by atoms with van der Waals surface area (Å²) in [5, 5.41) is 3.28. The molecule has 1 N–H and O–H groups in total. The Morgan fingerprint density at radius 3 is 2.00 bits per heavy atom. The first-order chi connectivity index (χ1) is 8.97. The minimum absolute atomic E-state index is 0.361. The summed E-state index contributed by atoms with van der Waals surface area (Å²) in [7, 11) is 4.78. The molecule has 0 spiro atoms. The van der Waals surface area contributed by atoms with E-state index in [1.165, 1.54) is 0 Å². The molecule has 0 aromatic heterocycles. The third-order valence-corrected chi connectivity index (χ3v) is 2.82. The summed E-state index contributed by atoms with van der Waals surface area (Å²) < 4.78 is 15.9. The Morgan fingerprint density at radius 1 is 1.11 bits per heavy atom. The Bertz CT molecular complexity index is 450. The highest BCUT2D eigenvalue weighted by molar-refractivity contribution is 5.53. The van der Waals surface area contributed by atoms with Crippen molar-refractivity contribution in [3.05, 3.63) is 17.7 Å². The van der Waals surface area contributed by atoms with E-state index >= 15 is 0 Å². The van der Waals surface area contributed by atoms with E-state index in [1.807, 2.05) is 26.0 Å². The van der Waals surface area contributed by atoms with Gasteiger partial charge in [0.15, 0.2) is 11.5 Å². The van der Waals surface area contributed by atoms with E-state index in [-0.39, 0.29) is 5.54 Å². The van der Waals surface area contributed by atoms with Gasteiger partial charge in [-0.1, -0.05) is 5.92 Å². The van der Waals surface area contributed by atoms with Gasteiger partial charge in [-0.05, 0) is 31.5 Å². The van der Waals surface area contributed by atoms with E-state index in [2.05, 4.69) is 11.2 Å². The first-order valence-electron chi connectivity index (χ1n) is 5.99. The van der Waals surface area contributed by atoms with Gasteiger partial charge in [0, 0.05) is 6.54 Å². The number of hydrogen-bond acceptors (Lipinski definition) is 4. The molecule has 19 heavy (non-hydrogen) atoms. The minimum Gasteiger partial charge on any atom is -0.493 e. The second-order valence-corrected chi connectivity index (χ2v) is 4.66. The summed E-state index contributed by atoms with van der Waals surface area (Å²) in [6.45, 7) is 4.52. The van der Waals surface area contributed by atoms with Crippen molar-refractivity contribution in [1.82, 2.24) is 5.32 Å². The van der Waals surface area contributed by atoms with Crippen molar-refractivity contribution in [2.45, 2.75) is 25.9 Å². The molecular formula is C15H21NO3. The molecule has 104 valence electrons. The Morgan fingerprint density at radius 2 is 1.63 bits per heavy atom. The van der Waals surface area contributed by atoms with Gasteiger partial charge in [-0.2, -0.15) is 0 Å². The predicted molar refractivity (Wildman–Crippen MR) is 75.8 cm³/mol. The Balaban J connectivity index is 3.01. The fourth-order valence-electron chi connectivity index (χ4n) is 1.61. The van der Waals surface area contributed by atoms with Crippen LogP contribution < -0.4 is 19.5 Å². The highest BCUT2D eigenvalue weighted by Crippen LogP contribution is 2.38. The summed E-state index contributed by atoms with van der Waals surface area (Å²) in [5.74, 6) is 4.55. The lowest BCUT2D eigenvalue weighted by Gasteiger charge is -2.20. The van der Waals surface area contributed by atoms with E-state index in [0.29, 0.717) is 23.8 Å². The normalized spacial score (nSPS) is 10.7. The molecular weight excluding hydrogens is 242 g/mol. The van der Waals surface area contributed by atoms with E-state index in [0.717, 1.165) is 5.56 Å². The maximum atomic E-state index is 5.45. The maximum absolute atomic E-state index is 5.45. The SMILES string of the molecule is C#CC(C)(C)NCc1cc(OC)c(OC)c(OC)c1. The average molecular weight is 263 g/mol. The van der Waals surface area contributed by atoms with Gasteiger partial charge in [0.05, 0.1) is 26.9 Å². The van der Waals surface area contributed by atoms with Gasteiger partial charge in [0.1, 0.15) is 0 Å². The van der Waals surface area contributed by atoms with Crippen LogP contribution in [0.15, 0.2) is 12.1 Å². The molecule has 0 fully saturated rings. The van der Waals surface area contributed by atoms with Crippen LogP contribution in [0.1, 0.15) is 19.4 Å². The van der Waals surface area contributed by atoms with Crippen molar-refractivity contribution in [3.8, 4) is 29.6 Å². The van der Waals surface area contributed by atoms with Gasteiger partial charge >= 0.3 is 0 Å². The first-order valence-corrected chi connectivity index (χ1v) is 5.99. The highest BCUT2D eigenvalue weighted by Gasteiger charge is 2.16. The van der Waals surface area contributed by atoms with Gasteiger partial charge in [-0.3, -0.25) is 5.32 Å². The quantitative estimate of drug-likeness (QED) is 0.799. The van der Waals surface area contributed by atoms with Gasteiger partial charge in [-0.25, -0.2) is 0 Å². The number of methoxy groups -OCH3 is 3. The molecule has 4 nitrogen and oxygen atoms in total. The summed E-state index contributed by atoms with van der Waals surface area (Å²) in [6, 6.07) is 3.81. The molecule has 0 heterocycles. The second-order valence-electron chi connectivity index (χ2n) is 4.66. The number of terminal acetylenes is 1. The minimum atomic E-state index is -0.361. The smallest absolute Gasteiger partial charge is 0.203 e. The van der Waals surface area contributed by atoms with Crippen LogP contribution in [-0.2, 0) is 6.54 Å². The molecule has 1 aromatic rings. The summed E-state index contributed by atoms with van der Waals surface area (Å²) in [6.07, 6.45) is 5.45. The van der Waals surface area contributed by atoms with Crippen LogP contribution in [-0.4, -0.2) is 26.9 Å². The summed E-state index contributed by atoms with van der Waals surface area (Å²) in [4.78, 5) is 0. The fraction of sp³-hybridized carbons (Fsp3) is 0.467. The summed E-state index contributed by atoms with van der Waals surface area (Å²) >= 11 is 0. The standard InChI is InChI=1S/C15H21NO3/c1-7-15(2,3)16-10-11-8-12(17-4)14(19-6)13(9-11)18-5/h1,8-9,16H,10H2,2-6H3. The van der Waals surface area contributed by atoms with E-state index < -0.39 is 0 Å². The van der Waals surface area contributed by atoms with E-state index in [9.17, 15) is 0 Å². The van der Waals surface area contributed by atoms with Crippen molar-refractivity contribution < 1.29 is 14.2 Å². The van der Waals surface area contributed by atoms with Gasteiger partial charge in [0.25, 0.3) is 0 Å². The molecule has 0 aliphatic carbocycles. The van der Waals surface area contributed by atoms with Crippen molar-refractivity contribution in [2.75, 3.05) is 21.3 Å². The third kappa shape index (κ3) is 3.80. The maximum Gasteiger partial charge on any atom is 0.203 e. The Kier molecular flexibility index (Phi) is 5.08. The zero-order valence-electron chi connectivity index (χ0n) is 12.2. The fourth-order valence-corrected chi connectivity index (χ4v) is 1.61. The largest absolute Gasteiger partial charge is 0.493 e.